The Morgan fingerprint density at radius 3 is 1.17 bits per heavy atom. The van der Waals surface area contributed by atoms with Crippen LogP contribution in [0.2, 0.25) is 0 Å². The van der Waals surface area contributed by atoms with E-state index < -0.39 is 36.3 Å². The molecular weight excluding hydrogens is 969 g/mol. The molecule has 5 aromatic carbocycles. The number of ether oxygens (including phenoxy) is 7. The molecule has 2 amide bonds. The summed E-state index contributed by atoms with van der Waals surface area (Å²) in [6.45, 7) is 6.11. The van der Waals surface area contributed by atoms with Crippen LogP contribution in [0.4, 0.5) is 11.4 Å². The van der Waals surface area contributed by atoms with Gasteiger partial charge in [-0.1, -0.05) is 84.9 Å². The van der Waals surface area contributed by atoms with Crippen LogP contribution in [0.1, 0.15) is 81.2 Å². The highest BCUT2D eigenvalue weighted by Crippen LogP contribution is 2.39. The summed E-state index contributed by atoms with van der Waals surface area (Å²) in [4.78, 5) is 75.1. The fourth-order valence-electron chi connectivity index (χ4n) is 8.84. The molecule has 16 heteroatoms. The molecule has 8 rings (SSSR count). The number of pyridine rings is 2. The molecule has 0 spiro atoms. The quantitative estimate of drug-likeness (QED) is 0.0574. The number of aromatic nitrogens is 2. The van der Waals surface area contributed by atoms with Gasteiger partial charge in [0.25, 0.3) is 11.8 Å². The van der Waals surface area contributed by atoms with E-state index in [-0.39, 0.29) is 65.3 Å². The molecule has 0 fully saturated rings. The molecule has 0 radical (unpaired) electrons. The van der Waals surface area contributed by atoms with Crippen LogP contribution in [-0.2, 0) is 59.1 Å². The van der Waals surface area contributed by atoms with Crippen molar-refractivity contribution in [2.24, 2.45) is 0 Å². The molecule has 390 valence electrons. The Hall–Kier alpha value is -9.05. The minimum absolute atomic E-state index is 0.170. The minimum atomic E-state index is -0.548. The number of carbonyl (C=O) groups excluding carboxylic acids is 5. The van der Waals surface area contributed by atoms with Crippen molar-refractivity contribution in [2.45, 2.75) is 53.4 Å². The van der Waals surface area contributed by atoms with E-state index in [2.05, 4.69) is 20.6 Å². The van der Waals surface area contributed by atoms with Crippen LogP contribution in [-0.4, -0.2) is 85.9 Å². The van der Waals surface area contributed by atoms with Gasteiger partial charge in [-0.2, -0.15) is 0 Å². The Morgan fingerprint density at radius 2 is 0.789 bits per heavy atom. The van der Waals surface area contributed by atoms with Crippen LogP contribution in [0.3, 0.4) is 0 Å². The van der Waals surface area contributed by atoms with Crippen molar-refractivity contribution in [1.29, 1.82) is 0 Å². The van der Waals surface area contributed by atoms with Gasteiger partial charge in [-0.25, -0.2) is 14.4 Å². The van der Waals surface area contributed by atoms with Crippen molar-refractivity contribution in [1.82, 2.24) is 9.97 Å². The van der Waals surface area contributed by atoms with Gasteiger partial charge in [0.05, 0.1) is 42.6 Å². The zero-order valence-corrected chi connectivity index (χ0v) is 42.8. The minimum Gasteiger partial charge on any atom is -0.483 e. The first-order chi connectivity index (χ1) is 37.0. The average Bonchev–Trinajstić information content (AvgIpc) is 3.41. The van der Waals surface area contributed by atoms with E-state index >= 15 is 0 Å². The lowest BCUT2D eigenvalue weighted by Crippen LogP contribution is -2.22. The maximum atomic E-state index is 14.1. The number of carbonyl (C=O) groups is 5. The first kappa shape index (κ1) is 53.2. The first-order valence-electron chi connectivity index (χ1n) is 25.0. The van der Waals surface area contributed by atoms with Gasteiger partial charge in [0.2, 0.25) is 0 Å². The Morgan fingerprint density at radius 1 is 0.434 bits per heavy atom. The number of anilines is 2. The van der Waals surface area contributed by atoms with Gasteiger partial charge in [-0.05, 0) is 114 Å². The lowest BCUT2D eigenvalue weighted by Gasteiger charge is -2.22. The third kappa shape index (κ3) is 13.8. The SMILES string of the molecule is CCOC(=O)COc1c2cccc1Cc1cccc(c1OCC(=O)OCC)Cc1cccc(c1OCC(=O)OCC)Cc1cccc(c1OCC(=O)Nc1ccccc1NC(=O)c1ccnc(-c3cc(C)ccn3)c1)C2. The summed E-state index contributed by atoms with van der Waals surface area (Å²) < 4.78 is 41.4. The predicted molar refractivity (Wildman–Crippen MR) is 284 cm³/mol. The maximum absolute atomic E-state index is 14.1. The van der Waals surface area contributed by atoms with Crippen molar-refractivity contribution >= 4 is 41.1 Å². The van der Waals surface area contributed by atoms with Gasteiger partial charge >= 0.3 is 17.9 Å². The number of hydrogen-bond donors (Lipinski definition) is 2. The second-order valence-corrected chi connectivity index (χ2v) is 17.6. The average molecular weight is 1030 g/mol. The highest BCUT2D eigenvalue weighted by molar-refractivity contribution is 6.07. The molecular formula is C60H58N4O12. The van der Waals surface area contributed by atoms with Crippen molar-refractivity contribution in [3.63, 3.8) is 0 Å². The third-order valence-electron chi connectivity index (χ3n) is 12.2. The van der Waals surface area contributed by atoms with Crippen LogP contribution < -0.4 is 29.6 Å². The highest BCUT2D eigenvalue weighted by atomic mass is 16.6. The van der Waals surface area contributed by atoms with E-state index in [1.54, 1.807) is 69.6 Å². The van der Waals surface area contributed by atoms with Gasteiger partial charge in [0.15, 0.2) is 26.4 Å². The van der Waals surface area contributed by atoms with Gasteiger partial charge in [-0.15, -0.1) is 0 Å². The molecule has 0 saturated carbocycles. The van der Waals surface area contributed by atoms with Gasteiger partial charge in [-0.3, -0.25) is 19.6 Å². The first-order valence-corrected chi connectivity index (χ1v) is 25.0. The molecule has 2 N–H and O–H groups in total. The van der Waals surface area contributed by atoms with Gasteiger partial charge in [0.1, 0.15) is 23.0 Å². The Bertz CT molecular complexity index is 3130. The number of hydrogen-bond acceptors (Lipinski definition) is 14. The molecule has 2 heterocycles. The van der Waals surface area contributed by atoms with E-state index in [0.29, 0.717) is 84.7 Å². The van der Waals surface area contributed by atoms with Crippen molar-refractivity contribution in [3.8, 4) is 34.4 Å². The van der Waals surface area contributed by atoms with E-state index in [4.69, 9.17) is 33.2 Å². The molecule has 76 heavy (non-hydrogen) atoms. The number of para-hydroxylation sites is 6. The van der Waals surface area contributed by atoms with E-state index in [9.17, 15) is 24.0 Å². The standard InChI is InChI=1S/C60H58N4O12/c1-5-70-53(66)35-74-57-41-16-11-18-43(57)31-45-20-13-21-46(59(45)76-37-55(68)72-7-3)32-44-19-12-17-42(58(44)75-36-54(67)71-6-2)30-40-15-10-14-39(29-41)56(40)73-34-52(65)63-48-22-8-9-23-49(48)64-60(69)47-25-27-62-51(33-47)50-28-38(4)24-26-61-50/h8-28,33H,5-7,29-32,34-37H2,1-4H3,(H,63,65)(H,64,69). The van der Waals surface area contributed by atoms with Crippen LogP contribution >= 0.6 is 0 Å². The lowest BCUT2D eigenvalue weighted by atomic mass is 9.91. The van der Waals surface area contributed by atoms with Crippen molar-refractivity contribution in [3.05, 3.63) is 189 Å². The lowest BCUT2D eigenvalue weighted by molar-refractivity contribution is -0.146. The fourth-order valence-corrected chi connectivity index (χ4v) is 8.84. The van der Waals surface area contributed by atoms with E-state index in [1.807, 2.05) is 91.9 Å². The summed E-state index contributed by atoms with van der Waals surface area (Å²) in [5.74, 6) is -0.825. The number of fused-ring (bicyclic) bond motifs is 8. The van der Waals surface area contributed by atoms with Crippen LogP contribution in [0, 0.1) is 6.92 Å². The van der Waals surface area contributed by atoms with Crippen LogP contribution in [0.5, 0.6) is 23.0 Å². The number of rotatable bonds is 19. The number of esters is 3. The molecule has 7 aromatic rings. The summed E-state index contributed by atoms with van der Waals surface area (Å²) in [6, 6.07) is 36.7. The number of nitrogens with zero attached hydrogens (tertiary/aromatic N) is 2. The molecule has 0 saturated heterocycles. The summed E-state index contributed by atoms with van der Waals surface area (Å²) >= 11 is 0. The second kappa shape index (κ2) is 25.7. The zero-order chi connectivity index (χ0) is 53.4. The predicted octanol–water partition coefficient (Wildman–Crippen LogP) is 9.22. The molecule has 1 aliphatic carbocycles. The normalized spacial score (nSPS) is 11.6. The molecule has 0 unspecified atom stereocenters. The Kier molecular flexibility index (Phi) is 18.0. The number of aryl methyl sites for hydroxylation is 1. The third-order valence-corrected chi connectivity index (χ3v) is 12.2. The fraction of sp³-hybridized carbons (Fsp3) is 0.250. The topological polar surface area (TPSA) is 200 Å². The molecule has 8 bridgehead atoms. The van der Waals surface area contributed by atoms with Gasteiger partial charge in [0, 0.05) is 43.6 Å². The Labute approximate surface area is 440 Å². The second-order valence-electron chi connectivity index (χ2n) is 17.6. The van der Waals surface area contributed by atoms with E-state index in [0.717, 1.165) is 16.7 Å². The monoisotopic (exact) mass is 1030 g/mol. The molecule has 0 aliphatic heterocycles. The Balaban J connectivity index is 1.15. The summed E-state index contributed by atoms with van der Waals surface area (Å²) in [5.41, 5.74) is 8.85. The summed E-state index contributed by atoms with van der Waals surface area (Å²) in [6.07, 6.45) is 4.19. The summed E-state index contributed by atoms with van der Waals surface area (Å²) in [7, 11) is 0. The smallest absolute Gasteiger partial charge is 0.344 e. The number of nitrogens with one attached hydrogen (secondary N) is 2. The maximum Gasteiger partial charge on any atom is 0.344 e. The number of amides is 2. The number of benzene rings is 5. The van der Waals surface area contributed by atoms with Gasteiger partial charge < -0.3 is 43.8 Å². The molecule has 2 aromatic heterocycles. The zero-order valence-electron chi connectivity index (χ0n) is 42.8. The molecule has 0 atom stereocenters. The van der Waals surface area contributed by atoms with E-state index in [1.165, 1.54) is 0 Å². The highest BCUT2D eigenvalue weighted by Gasteiger charge is 2.24. The van der Waals surface area contributed by atoms with Crippen LogP contribution in [0.25, 0.3) is 11.4 Å². The largest absolute Gasteiger partial charge is 0.483 e. The van der Waals surface area contributed by atoms with Crippen molar-refractivity contribution in [2.75, 3.05) is 56.9 Å². The molecule has 1 aliphatic rings. The summed E-state index contributed by atoms with van der Waals surface area (Å²) in [5, 5.41) is 5.85. The van der Waals surface area contributed by atoms with Crippen LogP contribution in [0.15, 0.2) is 134 Å². The molecule has 16 nitrogen and oxygen atoms in total. The van der Waals surface area contributed by atoms with Crippen molar-refractivity contribution < 1.29 is 57.1 Å².